The maximum Gasteiger partial charge on any atom is 0.220 e. The highest BCUT2D eigenvalue weighted by molar-refractivity contribution is 5.75. The van der Waals surface area contributed by atoms with Crippen molar-refractivity contribution in [1.29, 1.82) is 0 Å². The van der Waals surface area contributed by atoms with E-state index >= 15 is 0 Å². The van der Waals surface area contributed by atoms with Crippen molar-refractivity contribution in [2.45, 2.75) is 38.0 Å². The Morgan fingerprint density at radius 1 is 1.27 bits per heavy atom. The first kappa shape index (κ1) is 18.4. The van der Waals surface area contributed by atoms with Crippen molar-refractivity contribution < 1.29 is 14.6 Å². The predicted octanol–water partition coefficient (Wildman–Crippen LogP) is 1.86. The van der Waals surface area contributed by atoms with Crippen LogP contribution in [0.4, 0.5) is 0 Å². The topological polar surface area (TPSA) is 88.7 Å². The Labute approximate surface area is 153 Å². The zero-order chi connectivity index (χ0) is 18.4. The van der Waals surface area contributed by atoms with E-state index in [0.29, 0.717) is 26.1 Å². The average molecular weight is 355 g/mol. The minimum atomic E-state index is -1.03. The molecule has 1 amide bonds. The highest BCUT2D eigenvalue weighted by Gasteiger charge is 2.34. The molecule has 26 heavy (non-hydrogen) atoms. The van der Waals surface area contributed by atoms with Gasteiger partial charge in [0.1, 0.15) is 12.4 Å². The zero-order valence-corrected chi connectivity index (χ0v) is 14.8. The number of β-amino-alcohol motifs (C(OH)–C–C–N with tert-alkyl or cyclic N) is 1. The summed E-state index contributed by atoms with van der Waals surface area (Å²) in [6, 6.07) is 13.6. The molecule has 2 heterocycles. The van der Waals surface area contributed by atoms with Gasteiger partial charge in [0.05, 0.1) is 17.7 Å². The van der Waals surface area contributed by atoms with Gasteiger partial charge < -0.3 is 15.6 Å². The number of carbonyl (C=O) groups is 1. The highest BCUT2D eigenvalue weighted by atomic mass is 16.5. The first-order valence-electron chi connectivity index (χ1n) is 8.88. The first-order valence-corrected chi connectivity index (χ1v) is 8.88. The van der Waals surface area contributed by atoms with Gasteiger partial charge in [0.25, 0.3) is 0 Å². The Morgan fingerprint density at radius 2 is 2.08 bits per heavy atom. The van der Waals surface area contributed by atoms with Gasteiger partial charge in [-0.3, -0.25) is 14.7 Å². The van der Waals surface area contributed by atoms with E-state index in [-0.39, 0.29) is 6.42 Å². The number of rotatable bonds is 7. The molecule has 1 saturated heterocycles. The molecule has 2 aromatic rings. The number of amides is 1. The predicted molar refractivity (Wildman–Crippen MR) is 98.3 cm³/mol. The van der Waals surface area contributed by atoms with Crippen LogP contribution in [0.2, 0.25) is 0 Å². The zero-order valence-electron chi connectivity index (χ0n) is 14.8. The summed E-state index contributed by atoms with van der Waals surface area (Å²) >= 11 is 0. The van der Waals surface area contributed by atoms with E-state index in [0.717, 1.165) is 30.0 Å². The van der Waals surface area contributed by atoms with Crippen LogP contribution in [0.1, 0.15) is 30.5 Å². The Balaban J connectivity index is 1.65. The lowest BCUT2D eigenvalue weighted by molar-refractivity contribution is -0.125. The lowest BCUT2D eigenvalue weighted by Gasteiger charge is -2.38. The summed E-state index contributed by atoms with van der Waals surface area (Å²) in [6.07, 6.45) is 3.18. The minimum Gasteiger partial charge on any atom is -0.487 e. The fraction of sp³-hybridized carbons (Fsp3) is 0.400. The van der Waals surface area contributed by atoms with Crippen LogP contribution in [0.15, 0.2) is 48.7 Å². The number of benzene rings is 1. The van der Waals surface area contributed by atoms with Gasteiger partial charge in [-0.1, -0.05) is 24.3 Å². The van der Waals surface area contributed by atoms with E-state index in [1.54, 1.807) is 6.20 Å². The molecule has 1 fully saturated rings. The Kier molecular flexibility index (Phi) is 5.85. The molecule has 6 heteroatoms. The molecule has 0 bridgehead atoms. The summed E-state index contributed by atoms with van der Waals surface area (Å²) in [6.45, 7) is 2.36. The third-order valence-electron chi connectivity index (χ3n) is 4.61. The van der Waals surface area contributed by atoms with Crippen molar-refractivity contribution in [3.8, 4) is 5.75 Å². The number of nitrogens with two attached hydrogens (primary N) is 1. The van der Waals surface area contributed by atoms with Crippen molar-refractivity contribution in [3.05, 3.63) is 59.9 Å². The van der Waals surface area contributed by atoms with Crippen molar-refractivity contribution >= 4 is 5.91 Å². The summed E-state index contributed by atoms with van der Waals surface area (Å²) in [5, 5.41) is 10.6. The Bertz CT molecular complexity index is 738. The van der Waals surface area contributed by atoms with Gasteiger partial charge in [-0.15, -0.1) is 0 Å². The molecule has 6 nitrogen and oxygen atoms in total. The van der Waals surface area contributed by atoms with Gasteiger partial charge in [0.2, 0.25) is 5.91 Å². The molecule has 138 valence electrons. The van der Waals surface area contributed by atoms with E-state index in [1.807, 2.05) is 42.5 Å². The number of pyridine rings is 1. The second-order valence-corrected chi connectivity index (χ2v) is 6.90. The molecule has 3 N–H and O–H groups in total. The van der Waals surface area contributed by atoms with Crippen LogP contribution in [0, 0.1) is 0 Å². The molecule has 1 aliphatic rings. The molecule has 0 radical (unpaired) electrons. The van der Waals surface area contributed by atoms with E-state index in [4.69, 9.17) is 10.5 Å². The van der Waals surface area contributed by atoms with Crippen molar-refractivity contribution in [2.24, 2.45) is 5.73 Å². The smallest absolute Gasteiger partial charge is 0.220 e. The van der Waals surface area contributed by atoms with Gasteiger partial charge in [-0.05, 0) is 37.6 Å². The number of aromatic nitrogens is 1. The van der Waals surface area contributed by atoms with Gasteiger partial charge in [-0.2, -0.15) is 0 Å². The molecule has 0 saturated carbocycles. The van der Waals surface area contributed by atoms with E-state index < -0.39 is 11.5 Å². The molecule has 1 aromatic carbocycles. The molecule has 3 rings (SSSR count). The normalized spacial score (nSPS) is 20.7. The second-order valence-electron chi connectivity index (χ2n) is 6.90. The van der Waals surface area contributed by atoms with E-state index in [2.05, 4.69) is 9.88 Å². The fourth-order valence-corrected chi connectivity index (χ4v) is 3.46. The maximum atomic E-state index is 11.2. The van der Waals surface area contributed by atoms with Crippen molar-refractivity contribution in [2.75, 3.05) is 13.1 Å². The van der Waals surface area contributed by atoms with Crippen LogP contribution in [0.3, 0.4) is 0 Å². The number of nitrogens with zero attached hydrogens (tertiary/aromatic N) is 2. The monoisotopic (exact) mass is 355 g/mol. The van der Waals surface area contributed by atoms with Crippen molar-refractivity contribution in [1.82, 2.24) is 9.88 Å². The number of ether oxygens (including phenoxy) is 1. The number of primary amides is 1. The SMILES string of the molecule is NC(=O)CC1(O)CCCN(Cc2ccccc2OCc2ccccn2)C1. The standard InChI is InChI=1S/C20H25N3O3/c21-19(24)12-20(25)9-5-11-23(15-20)13-16-6-1-2-8-18(16)26-14-17-7-3-4-10-22-17/h1-4,6-8,10,25H,5,9,11-15H2,(H2,21,24). The van der Waals surface area contributed by atoms with Crippen LogP contribution in [-0.2, 0) is 17.9 Å². The van der Waals surface area contributed by atoms with Crippen molar-refractivity contribution in [3.63, 3.8) is 0 Å². The number of carbonyl (C=O) groups excluding carboxylic acids is 1. The van der Waals surface area contributed by atoms with Crippen LogP contribution < -0.4 is 10.5 Å². The third kappa shape index (κ3) is 5.03. The average Bonchev–Trinajstić information content (AvgIpc) is 2.61. The lowest BCUT2D eigenvalue weighted by Crippen LogP contribution is -2.49. The van der Waals surface area contributed by atoms with Gasteiger partial charge >= 0.3 is 0 Å². The molecular formula is C20H25N3O3. The summed E-state index contributed by atoms with van der Waals surface area (Å²) in [5.41, 5.74) is 6.17. The molecule has 0 aliphatic carbocycles. The second kappa shape index (κ2) is 8.29. The van der Waals surface area contributed by atoms with Crippen LogP contribution in [0.25, 0.3) is 0 Å². The maximum absolute atomic E-state index is 11.2. The van der Waals surface area contributed by atoms with Crippen LogP contribution in [-0.4, -0.2) is 39.6 Å². The molecule has 1 aliphatic heterocycles. The van der Waals surface area contributed by atoms with Gasteiger partial charge in [-0.25, -0.2) is 0 Å². The number of aliphatic hydroxyl groups is 1. The number of likely N-dealkylation sites (tertiary alicyclic amines) is 1. The summed E-state index contributed by atoms with van der Waals surface area (Å²) in [7, 11) is 0. The first-order chi connectivity index (χ1) is 12.5. The number of piperidine rings is 1. The fourth-order valence-electron chi connectivity index (χ4n) is 3.46. The van der Waals surface area contributed by atoms with E-state index in [1.165, 1.54) is 0 Å². The van der Waals surface area contributed by atoms with Gasteiger partial charge in [0.15, 0.2) is 0 Å². The third-order valence-corrected chi connectivity index (χ3v) is 4.61. The molecule has 1 unspecified atom stereocenters. The summed E-state index contributed by atoms with van der Waals surface area (Å²) < 4.78 is 5.96. The molecule has 1 aromatic heterocycles. The van der Waals surface area contributed by atoms with Crippen LogP contribution in [0.5, 0.6) is 5.75 Å². The minimum absolute atomic E-state index is 0.00131. The summed E-state index contributed by atoms with van der Waals surface area (Å²) in [5.74, 6) is 0.343. The largest absolute Gasteiger partial charge is 0.487 e. The number of hydrogen-bond acceptors (Lipinski definition) is 5. The quantitative estimate of drug-likeness (QED) is 0.791. The van der Waals surface area contributed by atoms with Gasteiger partial charge in [0, 0.05) is 24.8 Å². The Morgan fingerprint density at radius 3 is 2.85 bits per heavy atom. The molecule has 0 spiro atoms. The molecular weight excluding hydrogens is 330 g/mol. The number of para-hydroxylation sites is 1. The summed E-state index contributed by atoms with van der Waals surface area (Å²) in [4.78, 5) is 17.7. The molecule has 1 atom stereocenters. The highest BCUT2D eigenvalue weighted by Crippen LogP contribution is 2.27. The van der Waals surface area contributed by atoms with Crippen LogP contribution >= 0.6 is 0 Å². The number of hydrogen-bond donors (Lipinski definition) is 2. The Hall–Kier alpha value is -2.44. The van der Waals surface area contributed by atoms with E-state index in [9.17, 15) is 9.90 Å². The lowest BCUT2D eigenvalue weighted by atomic mass is 9.89.